The summed E-state index contributed by atoms with van der Waals surface area (Å²) in [6.45, 7) is 5.27. The average molecular weight is 404 g/mol. The van der Waals surface area contributed by atoms with Crippen molar-refractivity contribution in [2.45, 2.75) is 45.7 Å². The van der Waals surface area contributed by atoms with Crippen molar-refractivity contribution < 1.29 is 9.53 Å². The number of methoxy groups -OCH3 is 1. The van der Waals surface area contributed by atoms with Gasteiger partial charge in [0.05, 0.1) is 32.3 Å². The minimum absolute atomic E-state index is 0.0210. The molecule has 5 heteroatoms. The van der Waals surface area contributed by atoms with Gasteiger partial charge in [-0.1, -0.05) is 56.3 Å². The van der Waals surface area contributed by atoms with E-state index in [-0.39, 0.29) is 17.4 Å². The zero-order chi connectivity index (χ0) is 21.1. The quantitative estimate of drug-likeness (QED) is 0.667. The molecule has 0 fully saturated rings. The van der Waals surface area contributed by atoms with Crippen LogP contribution in [0.5, 0.6) is 5.75 Å². The molecule has 0 unspecified atom stereocenters. The number of benzene rings is 2. The molecule has 1 aliphatic carbocycles. The molecule has 1 aliphatic rings. The van der Waals surface area contributed by atoms with Crippen molar-refractivity contribution in [3.63, 3.8) is 0 Å². The number of hydrogen-bond acceptors (Lipinski definition) is 3. The minimum atomic E-state index is -0.0219. The average Bonchev–Trinajstić information content (AvgIpc) is 3.10. The van der Waals surface area contributed by atoms with Gasteiger partial charge in [0.1, 0.15) is 5.75 Å². The maximum Gasteiger partial charge on any atom is 0.224 e. The van der Waals surface area contributed by atoms with Gasteiger partial charge in [0.25, 0.3) is 0 Å². The molecule has 1 N–H and O–H groups in total. The van der Waals surface area contributed by atoms with E-state index in [1.807, 2.05) is 36.5 Å². The van der Waals surface area contributed by atoms with E-state index >= 15 is 0 Å². The molecule has 2 aromatic carbocycles. The van der Waals surface area contributed by atoms with Crippen molar-refractivity contribution in [1.82, 2.24) is 15.1 Å². The lowest BCUT2D eigenvalue weighted by atomic mass is 9.74. The molecule has 3 aromatic rings. The fraction of sp³-hybridized carbons (Fsp3) is 0.360. The number of nitrogens with one attached hydrogen (secondary N) is 1. The van der Waals surface area contributed by atoms with Crippen molar-refractivity contribution in [3.05, 3.63) is 83.2 Å². The van der Waals surface area contributed by atoms with E-state index in [9.17, 15) is 4.79 Å². The van der Waals surface area contributed by atoms with Crippen LogP contribution in [0.3, 0.4) is 0 Å². The Bertz CT molecular complexity index is 1020. The molecule has 1 aromatic heterocycles. The predicted octanol–water partition coefficient (Wildman–Crippen LogP) is 4.31. The number of hydrogen-bond donors (Lipinski definition) is 1. The summed E-state index contributed by atoms with van der Waals surface area (Å²) in [5.41, 5.74) is 4.63. The van der Waals surface area contributed by atoms with Gasteiger partial charge in [-0.3, -0.25) is 9.48 Å². The van der Waals surface area contributed by atoms with Gasteiger partial charge in [-0.2, -0.15) is 5.10 Å². The second kappa shape index (κ2) is 8.34. The number of nitrogens with zero attached hydrogens (tertiary/aromatic N) is 2. The first kappa shape index (κ1) is 20.2. The molecule has 0 bridgehead atoms. The van der Waals surface area contributed by atoms with Crippen LogP contribution < -0.4 is 10.1 Å². The third-order valence-electron chi connectivity index (χ3n) is 5.77. The van der Waals surface area contributed by atoms with Gasteiger partial charge < -0.3 is 10.1 Å². The number of rotatable bonds is 6. The van der Waals surface area contributed by atoms with Crippen molar-refractivity contribution in [2.24, 2.45) is 5.41 Å². The fourth-order valence-corrected chi connectivity index (χ4v) is 4.33. The molecule has 4 rings (SSSR count). The summed E-state index contributed by atoms with van der Waals surface area (Å²) in [4.78, 5) is 12.8. The molecular weight excluding hydrogens is 374 g/mol. The molecule has 1 amide bonds. The summed E-state index contributed by atoms with van der Waals surface area (Å²) in [5.74, 6) is 0.788. The number of ether oxygens (including phenoxy) is 1. The van der Waals surface area contributed by atoms with E-state index in [1.165, 1.54) is 11.3 Å². The van der Waals surface area contributed by atoms with Crippen LogP contribution in [0.15, 0.2) is 60.8 Å². The largest absolute Gasteiger partial charge is 0.497 e. The molecule has 0 saturated heterocycles. The molecule has 1 atom stereocenters. The van der Waals surface area contributed by atoms with Crippen LogP contribution in [0.4, 0.5) is 0 Å². The predicted molar refractivity (Wildman–Crippen MR) is 117 cm³/mol. The van der Waals surface area contributed by atoms with Gasteiger partial charge in [0.2, 0.25) is 5.91 Å². The number of fused-ring (bicyclic) bond motifs is 1. The van der Waals surface area contributed by atoms with E-state index in [4.69, 9.17) is 4.74 Å². The molecule has 0 saturated carbocycles. The monoisotopic (exact) mass is 403 g/mol. The third-order valence-corrected chi connectivity index (χ3v) is 5.77. The van der Waals surface area contributed by atoms with Gasteiger partial charge in [-0.25, -0.2) is 0 Å². The summed E-state index contributed by atoms with van der Waals surface area (Å²) in [7, 11) is 1.64. The van der Waals surface area contributed by atoms with E-state index in [0.717, 1.165) is 36.3 Å². The fourth-order valence-electron chi connectivity index (χ4n) is 4.33. The Morgan fingerprint density at radius 2 is 1.93 bits per heavy atom. The Morgan fingerprint density at radius 1 is 1.17 bits per heavy atom. The van der Waals surface area contributed by atoms with Crippen LogP contribution in [-0.4, -0.2) is 22.8 Å². The molecule has 0 radical (unpaired) electrons. The molecule has 0 aliphatic heterocycles. The topological polar surface area (TPSA) is 56.1 Å². The maximum absolute atomic E-state index is 12.8. The summed E-state index contributed by atoms with van der Waals surface area (Å²) >= 11 is 0. The van der Waals surface area contributed by atoms with Crippen LogP contribution in [-0.2, 0) is 24.2 Å². The minimum Gasteiger partial charge on any atom is -0.497 e. The lowest BCUT2D eigenvalue weighted by molar-refractivity contribution is -0.121. The first-order valence-corrected chi connectivity index (χ1v) is 10.4. The van der Waals surface area contributed by atoms with Gasteiger partial charge in [0.15, 0.2) is 0 Å². The van der Waals surface area contributed by atoms with Gasteiger partial charge in [0, 0.05) is 11.3 Å². The molecule has 1 heterocycles. The van der Waals surface area contributed by atoms with Gasteiger partial charge >= 0.3 is 0 Å². The Labute approximate surface area is 178 Å². The van der Waals surface area contributed by atoms with Crippen LogP contribution in [0.25, 0.3) is 0 Å². The van der Waals surface area contributed by atoms with Crippen LogP contribution >= 0.6 is 0 Å². The molecule has 0 spiro atoms. The molecule has 156 valence electrons. The molecule has 30 heavy (non-hydrogen) atoms. The number of carbonyl (C=O) groups is 1. The zero-order valence-electron chi connectivity index (χ0n) is 17.9. The van der Waals surface area contributed by atoms with E-state index in [1.54, 1.807) is 7.11 Å². The van der Waals surface area contributed by atoms with Crippen molar-refractivity contribution in [3.8, 4) is 5.75 Å². The summed E-state index contributed by atoms with van der Waals surface area (Å²) in [5, 5.41) is 7.93. The Morgan fingerprint density at radius 3 is 2.70 bits per heavy atom. The number of amides is 1. The standard InChI is InChI=1S/C25H29N3O2/c1-25(2)14-22(27-24(29)13-19-10-7-11-20(12-19)30-3)21-16-26-28(23(21)15-25)17-18-8-5-4-6-9-18/h4-12,16,22H,13-15,17H2,1-3H3,(H,27,29)/t22-/m1/s1. The Balaban J connectivity index is 1.52. The van der Waals surface area contributed by atoms with Crippen molar-refractivity contribution >= 4 is 5.91 Å². The maximum atomic E-state index is 12.8. The summed E-state index contributed by atoms with van der Waals surface area (Å²) in [6.07, 6.45) is 4.13. The molecule has 5 nitrogen and oxygen atoms in total. The van der Waals surface area contributed by atoms with Crippen molar-refractivity contribution in [2.75, 3.05) is 7.11 Å². The van der Waals surface area contributed by atoms with E-state index in [2.05, 4.69) is 53.2 Å². The first-order valence-electron chi connectivity index (χ1n) is 10.4. The second-order valence-electron chi connectivity index (χ2n) is 8.88. The van der Waals surface area contributed by atoms with Gasteiger partial charge in [-0.05, 0) is 41.5 Å². The highest BCUT2D eigenvalue weighted by atomic mass is 16.5. The summed E-state index contributed by atoms with van der Waals surface area (Å²) < 4.78 is 7.36. The highest BCUT2D eigenvalue weighted by Gasteiger charge is 2.35. The Hall–Kier alpha value is -3.08. The van der Waals surface area contributed by atoms with Crippen LogP contribution in [0, 0.1) is 5.41 Å². The lowest BCUT2D eigenvalue weighted by Crippen LogP contribution is -2.37. The second-order valence-corrected chi connectivity index (χ2v) is 8.88. The normalized spacial score (nSPS) is 17.2. The lowest BCUT2D eigenvalue weighted by Gasteiger charge is -2.36. The smallest absolute Gasteiger partial charge is 0.224 e. The SMILES string of the molecule is COc1cccc(CC(=O)N[C@@H]2CC(C)(C)Cc3c2cnn3Cc2ccccc2)c1. The first-order chi connectivity index (χ1) is 14.4. The Kier molecular flexibility index (Phi) is 5.62. The third kappa shape index (κ3) is 4.56. The van der Waals surface area contributed by atoms with Crippen LogP contribution in [0.1, 0.15) is 48.7 Å². The van der Waals surface area contributed by atoms with Crippen LogP contribution in [0.2, 0.25) is 0 Å². The van der Waals surface area contributed by atoms with Crippen molar-refractivity contribution in [1.29, 1.82) is 0 Å². The number of carbonyl (C=O) groups excluding carboxylic acids is 1. The van der Waals surface area contributed by atoms with Gasteiger partial charge in [-0.15, -0.1) is 0 Å². The van der Waals surface area contributed by atoms with E-state index < -0.39 is 0 Å². The highest BCUT2D eigenvalue weighted by Crippen LogP contribution is 2.40. The van der Waals surface area contributed by atoms with E-state index in [0.29, 0.717) is 6.42 Å². The molecular formula is C25H29N3O2. The highest BCUT2D eigenvalue weighted by molar-refractivity contribution is 5.79. The zero-order valence-corrected chi connectivity index (χ0v) is 17.9. The summed E-state index contributed by atoms with van der Waals surface area (Å²) in [6, 6.07) is 18.0. The number of aromatic nitrogens is 2.